The summed E-state index contributed by atoms with van der Waals surface area (Å²) < 4.78 is 27.0. The first-order valence-corrected chi connectivity index (χ1v) is 10.1. The molecule has 1 N–H and O–H groups in total. The van der Waals surface area contributed by atoms with Crippen molar-refractivity contribution in [3.63, 3.8) is 0 Å². The Kier molecular flexibility index (Phi) is 5.36. The highest BCUT2D eigenvalue weighted by Crippen LogP contribution is 2.36. The lowest BCUT2D eigenvalue weighted by atomic mass is 10.2. The van der Waals surface area contributed by atoms with Crippen molar-refractivity contribution < 1.29 is 23.2 Å². The first-order valence-electron chi connectivity index (χ1n) is 8.68. The smallest absolute Gasteiger partial charge is 0.326 e. The molecule has 2 saturated heterocycles. The highest BCUT2D eigenvalue weighted by molar-refractivity contribution is 7.89. The predicted octanol–water partition coefficient (Wildman–Crippen LogP) is 0.584. The summed E-state index contributed by atoms with van der Waals surface area (Å²) in [7, 11) is -1.94. The molecular weight excluding hydrogens is 376 g/mol. The molecule has 0 saturated carbocycles. The third-order valence-electron chi connectivity index (χ3n) is 5.09. The number of sulfonamides is 1. The van der Waals surface area contributed by atoms with Crippen LogP contribution in [0.3, 0.4) is 0 Å². The molecule has 2 heterocycles. The monoisotopic (exact) mass is 398 g/mol. The van der Waals surface area contributed by atoms with E-state index >= 15 is 0 Å². The molecule has 11 heteroatoms. The van der Waals surface area contributed by atoms with E-state index in [-0.39, 0.29) is 10.6 Å². The number of anilines is 1. The third-order valence-corrected chi connectivity index (χ3v) is 6.99. The normalized spacial score (nSPS) is 22.1. The number of aliphatic carboxylic acids is 1. The predicted molar refractivity (Wildman–Crippen MR) is 97.4 cm³/mol. The highest BCUT2D eigenvalue weighted by atomic mass is 32.2. The number of hydrogen-bond acceptors (Lipinski definition) is 7. The summed E-state index contributed by atoms with van der Waals surface area (Å²) in [6.45, 7) is 2.20. The Balaban J connectivity index is 1.97. The van der Waals surface area contributed by atoms with Crippen molar-refractivity contribution >= 4 is 27.4 Å². The zero-order valence-electron chi connectivity index (χ0n) is 14.9. The van der Waals surface area contributed by atoms with Crippen molar-refractivity contribution in [3.05, 3.63) is 28.3 Å². The van der Waals surface area contributed by atoms with Crippen LogP contribution < -0.4 is 4.90 Å². The molecule has 2 aliphatic heterocycles. The van der Waals surface area contributed by atoms with Crippen LogP contribution in [0.5, 0.6) is 0 Å². The Hall–Kier alpha value is -2.24. The van der Waals surface area contributed by atoms with Crippen molar-refractivity contribution in [3.8, 4) is 0 Å². The van der Waals surface area contributed by atoms with Crippen LogP contribution in [0.15, 0.2) is 23.1 Å². The SMILES string of the molecule is CN1CCN(S(=O)(=O)c2ccc(N3CCCC3C(=O)O)c([N+](=O)[O-])c2)CC1. The molecule has 148 valence electrons. The van der Waals surface area contributed by atoms with Gasteiger partial charge in [0.1, 0.15) is 11.7 Å². The van der Waals surface area contributed by atoms with Gasteiger partial charge in [0, 0.05) is 38.8 Å². The third kappa shape index (κ3) is 3.75. The van der Waals surface area contributed by atoms with E-state index in [4.69, 9.17) is 0 Å². The van der Waals surface area contributed by atoms with E-state index in [0.29, 0.717) is 45.6 Å². The molecule has 10 nitrogen and oxygen atoms in total. The van der Waals surface area contributed by atoms with Crippen LogP contribution in [0.2, 0.25) is 0 Å². The molecule has 2 fully saturated rings. The molecule has 1 aromatic carbocycles. The molecular formula is C16H22N4O6S. The average Bonchev–Trinajstić information content (AvgIpc) is 3.11. The fourth-order valence-electron chi connectivity index (χ4n) is 3.54. The van der Waals surface area contributed by atoms with Gasteiger partial charge in [0.15, 0.2) is 0 Å². The Morgan fingerprint density at radius 2 is 1.89 bits per heavy atom. The summed E-state index contributed by atoms with van der Waals surface area (Å²) >= 11 is 0. The number of carbonyl (C=O) groups is 1. The Morgan fingerprint density at radius 3 is 2.48 bits per heavy atom. The second-order valence-corrected chi connectivity index (χ2v) is 8.74. The number of carboxylic acids is 1. The van der Waals surface area contributed by atoms with Crippen LogP contribution in [-0.2, 0) is 14.8 Å². The summed E-state index contributed by atoms with van der Waals surface area (Å²) in [6, 6.07) is 2.87. The standard InChI is InChI=1S/C16H22N4O6S/c1-17-7-9-18(10-8-17)27(25,26)12-4-5-13(15(11-12)20(23)24)19-6-2-3-14(19)16(21)22/h4-5,11,14H,2-3,6-10H2,1H3,(H,21,22). The van der Waals surface area contributed by atoms with Gasteiger partial charge in [-0.1, -0.05) is 0 Å². The summed E-state index contributed by atoms with van der Waals surface area (Å²) in [5, 5.41) is 20.9. The molecule has 0 bridgehead atoms. The van der Waals surface area contributed by atoms with Crippen LogP contribution in [0.1, 0.15) is 12.8 Å². The Bertz CT molecular complexity index is 850. The van der Waals surface area contributed by atoms with Crippen LogP contribution in [0.4, 0.5) is 11.4 Å². The molecule has 2 aliphatic rings. The lowest BCUT2D eigenvalue weighted by molar-refractivity contribution is -0.384. The number of nitro benzene ring substituents is 1. The molecule has 0 spiro atoms. The van der Waals surface area contributed by atoms with Crippen LogP contribution >= 0.6 is 0 Å². The van der Waals surface area contributed by atoms with E-state index in [1.165, 1.54) is 21.3 Å². The van der Waals surface area contributed by atoms with Gasteiger partial charge in [0.05, 0.1) is 9.82 Å². The van der Waals surface area contributed by atoms with Gasteiger partial charge in [-0.2, -0.15) is 4.31 Å². The van der Waals surface area contributed by atoms with E-state index in [1.54, 1.807) is 0 Å². The zero-order valence-corrected chi connectivity index (χ0v) is 15.8. The molecule has 0 amide bonds. The van der Waals surface area contributed by atoms with E-state index in [0.717, 1.165) is 6.07 Å². The minimum Gasteiger partial charge on any atom is -0.480 e. The number of hydrogen-bond donors (Lipinski definition) is 1. The van der Waals surface area contributed by atoms with E-state index in [1.807, 2.05) is 11.9 Å². The number of benzene rings is 1. The first kappa shape index (κ1) is 19.5. The molecule has 0 aliphatic carbocycles. The van der Waals surface area contributed by atoms with E-state index < -0.39 is 32.6 Å². The molecule has 1 atom stereocenters. The molecule has 0 aromatic heterocycles. The van der Waals surface area contributed by atoms with Crippen molar-refractivity contribution in [1.29, 1.82) is 0 Å². The molecule has 1 unspecified atom stereocenters. The quantitative estimate of drug-likeness (QED) is 0.564. The second-order valence-electron chi connectivity index (χ2n) is 6.80. The van der Waals surface area contributed by atoms with Crippen LogP contribution in [0, 0.1) is 10.1 Å². The lowest BCUT2D eigenvalue weighted by Crippen LogP contribution is -2.47. The minimum atomic E-state index is -3.84. The van der Waals surface area contributed by atoms with Gasteiger partial charge in [-0.15, -0.1) is 0 Å². The minimum absolute atomic E-state index is 0.141. The molecule has 3 rings (SSSR count). The van der Waals surface area contributed by atoms with E-state index in [2.05, 4.69) is 0 Å². The highest BCUT2D eigenvalue weighted by Gasteiger charge is 2.36. The Morgan fingerprint density at radius 1 is 1.22 bits per heavy atom. The number of likely N-dealkylation sites (N-methyl/N-ethyl adjacent to an activating group) is 1. The fourth-order valence-corrected chi connectivity index (χ4v) is 4.98. The number of nitrogens with zero attached hydrogens (tertiary/aromatic N) is 4. The van der Waals surface area contributed by atoms with Gasteiger partial charge in [-0.3, -0.25) is 10.1 Å². The second kappa shape index (κ2) is 7.41. The van der Waals surface area contributed by atoms with Crippen molar-refractivity contribution in [2.24, 2.45) is 0 Å². The number of carboxylic acid groups (broad SMARTS) is 1. The zero-order chi connectivity index (χ0) is 19.8. The maximum Gasteiger partial charge on any atom is 0.326 e. The first-order chi connectivity index (χ1) is 12.7. The van der Waals surface area contributed by atoms with Gasteiger partial charge in [-0.25, -0.2) is 13.2 Å². The maximum atomic E-state index is 12.9. The summed E-state index contributed by atoms with van der Waals surface area (Å²) in [5.41, 5.74) is -0.249. The van der Waals surface area contributed by atoms with Gasteiger partial charge < -0.3 is 14.9 Å². The van der Waals surface area contributed by atoms with Gasteiger partial charge in [0.2, 0.25) is 10.0 Å². The number of nitro groups is 1. The van der Waals surface area contributed by atoms with Crippen LogP contribution in [-0.4, -0.2) is 79.4 Å². The van der Waals surface area contributed by atoms with Crippen LogP contribution in [0.25, 0.3) is 0 Å². The fraction of sp³-hybridized carbons (Fsp3) is 0.562. The topological polar surface area (TPSA) is 124 Å². The Labute approximate surface area is 157 Å². The average molecular weight is 398 g/mol. The van der Waals surface area contributed by atoms with E-state index in [9.17, 15) is 28.4 Å². The van der Waals surface area contributed by atoms with Gasteiger partial charge in [0.25, 0.3) is 5.69 Å². The maximum absolute atomic E-state index is 12.9. The number of piperazine rings is 1. The molecule has 1 aromatic rings. The molecule has 27 heavy (non-hydrogen) atoms. The van der Waals surface area contributed by atoms with Crippen molar-refractivity contribution in [2.75, 3.05) is 44.7 Å². The summed E-state index contributed by atoms with van der Waals surface area (Å²) in [5.74, 6) is -1.05. The van der Waals surface area contributed by atoms with Crippen molar-refractivity contribution in [2.45, 2.75) is 23.8 Å². The van der Waals surface area contributed by atoms with Gasteiger partial charge in [-0.05, 0) is 32.0 Å². The molecule has 0 radical (unpaired) electrons. The largest absolute Gasteiger partial charge is 0.480 e. The van der Waals surface area contributed by atoms with Crippen molar-refractivity contribution in [1.82, 2.24) is 9.21 Å². The number of rotatable bonds is 5. The lowest BCUT2D eigenvalue weighted by Gasteiger charge is -2.31. The summed E-state index contributed by atoms with van der Waals surface area (Å²) in [6.07, 6.45) is 1.00. The summed E-state index contributed by atoms with van der Waals surface area (Å²) in [4.78, 5) is 25.7. The van der Waals surface area contributed by atoms with Gasteiger partial charge >= 0.3 is 5.97 Å².